The van der Waals surface area contributed by atoms with Crippen molar-refractivity contribution in [2.24, 2.45) is 0 Å². The molecule has 1 spiro atoms. The number of hydrogen-bond acceptors (Lipinski definition) is 3. The molecule has 3 heterocycles. The summed E-state index contributed by atoms with van der Waals surface area (Å²) >= 11 is 0. The van der Waals surface area contributed by atoms with Gasteiger partial charge in [0.15, 0.2) is 0 Å². The van der Waals surface area contributed by atoms with Crippen molar-refractivity contribution < 1.29 is 9.59 Å². The van der Waals surface area contributed by atoms with E-state index in [1.54, 1.807) is 12.4 Å². The van der Waals surface area contributed by atoms with Gasteiger partial charge < -0.3 is 10.2 Å². The van der Waals surface area contributed by atoms with Gasteiger partial charge in [-0.25, -0.2) is 0 Å². The van der Waals surface area contributed by atoms with Crippen LogP contribution in [0.4, 0.5) is 5.69 Å². The Balaban J connectivity index is 1.54. The Bertz CT molecular complexity index is 1050. The molecule has 1 fully saturated rings. The second-order valence-corrected chi connectivity index (χ2v) is 7.75. The molecule has 146 valence electrons. The fourth-order valence-electron chi connectivity index (χ4n) is 4.93. The van der Waals surface area contributed by atoms with Gasteiger partial charge in [-0.15, -0.1) is 0 Å². The van der Waals surface area contributed by atoms with Crippen LogP contribution in [0.2, 0.25) is 0 Å². The van der Waals surface area contributed by atoms with E-state index in [9.17, 15) is 9.59 Å². The fourth-order valence-corrected chi connectivity index (χ4v) is 4.93. The number of carbonyl (C=O) groups is 2. The number of likely N-dealkylation sites (tertiary alicyclic amines) is 1. The number of nitrogens with one attached hydrogen (secondary N) is 2. The predicted molar refractivity (Wildman–Crippen MR) is 110 cm³/mol. The van der Waals surface area contributed by atoms with E-state index in [-0.39, 0.29) is 17.9 Å². The molecule has 6 heteroatoms. The van der Waals surface area contributed by atoms with E-state index in [2.05, 4.69) is 27.6 Å². The third kappa shape index (κ3) is 2.75. The zero-order valence-electron chi connectivity index (χ0n) is 16.0. The van der Waals surface area contributed by atoms with Crippen molar-refractivity contribution in [2.75, 3.05) is 11.9 Å². The molecule has 5 rings (SSSR count). The smallest absolute Gasteiger partial charge is 0.257 e. The average Bonchev–Trinajstić information content (AvgIpc) is 3.47. The van der Waals surface area contributed by atoms with Crippen molar-refractivity contribution in [1.82, 2.24) is 15.1 Å². The van der Waals surface area contributed by atoms with Crippen LogP contribution in [0.5, 0.6) is 0 Å². The van der Waals surface area contributed by atoms with E-state index in [0.717, 1.165) is 24.1 Å². The van der Waals surface area contributed by atoms with Gasteiger partial charge in [-0.3, -0.25) is 14.7 Å². The van der Waals surface area contributed by atoms with Gasteiger partial charge >= 0.3 is 0 Å². The largest absolute Gasteiger partial charge is 0.334 e. The van der Waals surface area contributed by atoms with Crippen LogP contribution in [0.3, 0.4) is 0 Å². The number of hydrogen-bond donors (Lipinski definition) is 2. The first-order chi connectivity index (χ1) is 14.2. The van der Waals surface area contributed by atoms with Gasteiger partial charge in [0.05, 0.1) is 23.2 Å². The van der Waals surface area contributed by atoms with Crippen molar-refractivity contribution >= 4 is 17.5 Å². The summed E-state index contributed by atoms with van der Waals surface area (Å²) in [6.07, 6.45) is 5.31. The second-order valence-electron chi connectivity index (χ2n) is 7.75. The molecule has 0 unspecified atom stereocenters. The monoisotopic (exact) mass is 386 g/mol. The Labute approximate surface area is 168 Å². The minimum absolute atomic E-state index is 0.000690. The molecule has 6 nitrogen and oxygen atoms in total. The third-order valence-electron chi connectivity index (χ3n) is 6.31. The summed E-state index contributed by atoms with van der Waals surface area (Å²) in [5.74, 6) is -0.0786. The first kappa shape index (κ1) is 17.7. The molecule has 0 aliphatic carbocycles. The van der Waals surface area contributed by atoms with Crippen LogP contribution in [0.25, 0.3) is 0 Å². The van der Waals surface area contributed by atoms with Crippen LogP contribution in [-0.4, -0.2) is 39.5 Å². The summed E-state index contributed by atoms with van der Waals surface area (Å²) in [4.78, 5) is 28.4. The minimum atomic E-state index is -0.704. The van der Waals surface area contributed by atoms with Gasteiger partial charge in [-0.05, 0) is 36.5 Å². The van der Waals surface area contributed by atoms with E-state index < -0.39 is 5.41 Å². The number of nitrogens with zero attached hydrogens (tertiary/aromatic N) is 2. The number of fused-ring (bicyclic) bond motifs is 2. The Morgan fingerprint density at radius 2 is 1.93 bits per heavy atom. The number of H-pyrrole nitrogens is 1. The van der Waals surface area contributed by atoms with Gasteiger partial charge in [0.25, 0.3) is 5.91 Å². The van der Waals surface area contributed by atoms with E-state index in [4.69, 9.17) is 0 Å². The number of para-hydroxylation sites is 1. The lowest BCUT2D eigenvalue weighted by atomic mass is 9.73. The van der Waals surface area contributed by atoms with Crippen molar-refractivity contribution in [1.29, 1.82) is 0 Å². The molecule has 0 saturated carbocycles. The summed E-state index contributed by atoms with van der Waals surface area (Å²) in [6.45, 7) is 0.547. The summed E-state index contributed by atoms with van der Waals surface area (Å²) < 4.78 is 0. The maximum atomic E-state index is 13.3. The zero-order chi connectivity index (χ0) is 19.8. The van der Waals surface area contributed by atoms with E-state index >= 15 is 0 Å². The Kier molecular flexibility index (Phi) is 4.19. The molecular formula is C23H22N4O2. The zero-order valence-corrected chi connectivity index (χ0v) is 16.0. The number of carbonyl (C=O) groups excluding carboxylic acids is 2. The average molecular weight is 386 g/mol. The number of rotatable bonds is 4. The highest BCUT2D eigenvalue weighted by Crippen LogP contribution is 2.49. The molecule has 2 aliphatic rings. The van der Waals surface area contributed by atoms with Crippen molar-refractivity contribution in [3.63, 3.8) is 0 Å². The van der Waals surface area contributed by atoms with Gasteiger partial charge in [0.2, 0.25) is 5.91 Å². The maximum Gasteiger partial charge on any atom is 0.257 e. The lowest BCUT2D eigenvalue weighted by Gasteiger charge is -2.34. The number of amides is 2. The molecule has 29 heavy (non-hydrogen) atoms. The normalized spacial score (nSPS) is 22.7. The van der Waals surface area contributed by atoms with Crippen LogP contribution in [0, 0.1) is 0 Å². The number of aromatic nitrogens is 2. The Hall–Kier alpha value is -3.41. The predicted octanol–water partition coefficient (Wildman–Crippen LogP) is 3.15. The van der Waals surface area contributed by atoms with E-state index in [1.807, 2.05) is 47.4 Å². The first-order valence-electron chi connectivity index (χ1n) is 9.95. The lowest BCUT2D eigenvalue weighted by Crippen LogP contribution is -2.49. The van der Waals surface area contributed by atoms with Crippen molar-refractivity contribution in [3.8, 4) is 0 Å². The number of aryl methyl sites for hydroxylation is 1. The molecular weight excluding hydrogens is 364 g/mol. The molecule has 3 aromatic rings. The molecule has 1 aromatic heterocycles. The number of benzene rings is 2. The highest BCUT2D eigenvalue weighted by Gasteiger charge is 2.58. The quantitative estimate of drug-likeness (QED) is 0.723. The molecule has 2 atom stereocenters. The van der Waals surface area contributed by atoms with Crippen LogP contribution >= 0.6 is 0 Å². The highest BCUT2D eigenvalue weighted by molar-refractivity contribution is 6.08. The summed E-state index contributed by atoms with van der Waals surface area (Å²) in [5.41, 5.74) is 2.89. The van der Waals surface area contributed by atoms with Crippen LogP contribution < -0.4 is 5.32 Å². The molecule has 0 radical (unpaired) electrons. The fraction of sp³-hybridized carbons (Fsp3) is 0.261. The molecule has 2 amide bonds. The van der Waals surface area contributed by atoms with Crippen LogP contribution in [0.15, 0.2) is 67.0 Å². The van der Waals surface area contributed by atoms with Crippen molar-refractivity contribution in [2.45, 2.75) is 30.7 Å². The molecule has 1 saturated heterocycles. The Morgan fingerprint density at radius 1 is 1.14 bits per heavy atom. The minimum Gasteiger partial charge on any atom is -0.334 e. The summed E-state index contributed by atoms with van der Waals surface area (Å²) in [5, 5.41) is 9.69. The van der Waals surface area contributed by atoms with Crippen molar-refractivity contribution in [3.05, 3.63) is 83.7 Å². The maximum absolute atomic E-state index is 13.3. The lowest BCUT2D eigenvalue weighted by molar-refractivity contribution is -0.121. The van der Waals surface area contributed by atoms with Gasteiger partial charge in [0.1, 0.15) is 0 Å². The topological polar surface area (TPSA) is 78.1 Å². The SMILES string of the molecule is O=C(c1cn[nH]c1)N1CC[C@@]2(C(=O)Nc3ccccc32)[C@@H]1CCc1ccccc1. The molecule has 2 aromatic carbocycles. The van der Waals surface area contributed by atoms with Gasteiger partial charge in [0, 0.05) is 18.4 Å². The summed E-state index contributed by atoms with van der Waals surface area (Å²) in [7, 11) is 0. The number of aromatic amines is 1. The van der Waals surface area contributed by atoms with E-state index in [1.165, 1.54) is 5.56 Å². The second kappa shape index (κ2) is 6.88. The van der Waals surface area contributed by atoms with Crippen LogP contribution in [-0.2, 0) is 16.6 Å². The third-order valence-corrected chi connectivity index (χ3v) is 6.31. The molecule has 2 N–H and O–H groups in total. The van der Waals surface area contributed by atoms with Crippen LogP contribution in [0.1, 0.15) is 34.3 Å². The number of anilines is 1. The van der Waals surface area contributed by atoms with Gasteiger partial charge in [-0.2, -0.15) is 5.10 Å². The highest BCUT2D eigenvalue weighted by atomic mass is 16.2. The Morgan fingerprint density at radius 3 is 2.72 bits per heavy atom. The first-order valence-corrected chi connectivity index (χ1v) is 9.95. The molecule has 2 aliphatic heterocycles. The van der Waals surface area contributed by atoms with Gasteiger partial charge in [-0.1, -0.05) is 48.5 Å². The summed E-state index contributed by atoms with van der Waals surface area (Å²) in [6, 6.07) is 17.9. The molecule has 0 bridgehead atoms. The standard InChI is InChI=1S/C23H22N4O2/c28-21(17-14-24-25-15-17)27-13-12-23(18-8-4-5-9-19(18)26-22(23)29)20(27)11-10-16-6-2-1-3-7-16/h1-9,14-15,20H,10-13H2,(H,24,25)(H,26,29)/t20-,23-/m0/s1. The van der Waals surface area contributed by atoms with E-state index in [0.29, 0.717) is 18.5 Å².